The molecular formula is C14H18F3NO4. The Kier molecular flexibility index (Phi) is 8.18. The standard InChI is InChI=1S/C12H17NO2.C2HF3O2/c1-9(2)11(13)12(14)15-8-10-6-4-3-5-7-10;3-2(4,5)1(6)7/h3-7,9,11H,8,13H2,1-2H3;(H,6,7)/t11-;/m1./s1. The number of alkyl halides is 3. The lowest BCUT2D eigenvalue weighted by Crippen LogP contribution is -2.36. The first kappa shape index (κ1) is 19.9. The lowest BCUT2D eigenvalue weighted by molar-refractivity contribution is -0.192. The van der Waals surface area contributed by atoms with E-state index in [1.165, 1.54) is 0 Å². The molecule has 0 unspecified atom stereocenters. The number of hydrogen-bond acceptors (Lipinski definition) is 4. The van der Waals surface area contributed by atoms with Gasteiger partial charge in [0.1, 0.15) is 12.6 Å². The van der Waals surface area contributed by atoms with E-state index in [2.05, 4.69) is 0 Å². The Balaban J connectivity index is 0.000000534. The minimum atomic E-state index is -5.08. The number of halogens is 3. The molecule has 0 amide bonds. The Hall–Kier alpha value is -2.09. The van der Waals surface area contributed by atoms with Gasteiger partial charge in [-0.25, -0.2) is 4.79 Å². The van der Waals surface area contributed by atoms with Crippen LogP contribution in [0.2, 0.25) is 0 Å². The number of carbonyl (C=O) groups excluding carboxylic acids is 1. The van der Waals surface area contributed by atoms with E-state index in [0.29, 0.717) is 6.61 Å². The fraction of sp³-hybridized carbons (Fsp3) is 0.429. The van der Waals surface area contributed by atoms with Crippen molar-refractivity contribution in [2.45, 2.75) is 32.7 Å². The second-order valence-electron chi connectivity index (χ2n) is 4.67. The molecule has 0 saturated carbocycles. The van der Waals surface area contributed by atoms with Gasteiger partial charge in [0.15, 0.2) is 0 Å². The largest absolute Gasteiger partial charge is 0.490 e. The van der Waals surface area contributed by atoms with Gasteiger partial charge < -0.3 is 15.6 Å². The highest BCUT2D eigenvalue weighted by atomic mass is 19.4. The van der Waals surface area contributed by atoms with Crippen LogP contribution in [0.15, 0.2) is 30.3 Å². The molecule has 0 aliphatic heterocycles. The van der Waals surface area contributed by atoms with Crippen LogP contribution < -0.4 is 5.73 Å². The average molecular weight is 321 g/mol. The first-order valence-corrected chi connectivity index (χ1v) is 6.32. The van der Waals surface area contributed by atoms with Gasteiger partial charge in [-0.1, -0.05) is 44.2 Å². The SMILES string of the molecule is CC(C)[C@@H](N)C(=O)OCc1ccccc1.O=C(O)C(F)(F)F. The van der Waals surface area contributed by atoms with E-state index in [1.54, 1.807) is 0 Å². The molecule has 1 atom stereocenters. The number of hydrogen-bond donors (Lipinski definition) is 2. The quantitative estimate of drug-likeness (QED) is 0.831. The topological polar surface area (TPSA) is 89.6 Å². The summed E-state index contributed by atoms with van der Waals surface area (Å²) in [6, 6.07) is 9.03. The molecule has 1 aromatic carbocycles. The van der Waals surface area contributed by atoms with Crippen LogP contribution in [0.1, 0.15) is 19.4 Å². The Bertz CT molecular complexity index is 475. The Morgan fingerprint density at radius 1 is 1.23 bits per heavy atom. The smallest absolute Gasteiger partial charge is 0.475 e. The first-order chi connectivity index (χ1) is 10.1. The molecular weight excluding hydrogens is 303 g/mol. The van der Waals surface area contributed by atoms with Crippen LogP contribution in [-0.2, 0) is 20.9 Å². The lowest BCUT2D eigenvalue weighted by atomic mass is 10.1. The van der Waals surface area contributed by atoms with Crippen molar-refractivity contribution in [1.82, 2.24) is 0 Å². The van der Waals surface area contributed by atoms with E-state index in [0.717, 1.165) is 5.56 Å². The monoisotopic (exact) mass is 321 g/mol. The van der Waals surface area contributed by atoms with Crippen molar-refractivity contribution in [3.05, 3.63) is 35.9 Å². The maximum atomic E-state index is 11.4. The Morgan fingerprint density at radius 3 is 2.05 bits per heavy atom. The molecule has 0 aliphatic rings. The van der Waals surface area contributed by atoms with Gasteiger partial charge in [0.05, 0.1) is 0 Å². The van der Waals surface area contributed by atoms with Crippen LogP contribution in [0, 0.1) is 5.92 Å². The maximum absolute atomic E-state index is 11.4. The number of ether oxygens (including phenoxy) is 1. The molecule has 22 heavy (non-hydrogen) atoms. The average Bonchev–Trinajstić information content (AvgIpc) is 2.44. The van der Waals surface area contributed by atoms with E-state index in [-0.39, 0.29) is 11.9 Å². The van der Waals surface area contributed by atoms with Crippen LogP contribution in [0.5, 0.6) is 0 Å². The van der Waals surface area contributed by atoms with Crippen LogP contribution in [0.25, 0.3) is 0 Å². The van der Waals surface area contributed by atoms with Crippen molar-refractivity contribution < 1.29 is 32.6 Å². The summed E-state index contributed by atoms with van der Waals surface area (Å²) in [5, 5.41) is 7.12. The number of benzene rings is 1. The molecule has 0 aliphatic carbocycles. The molecule has 3 N–H and O–H groups in total. The fourth-order valence-corrected chi connectivity index (χ4v) is 1.10. The fourth-order valence-electron chi connectivity index (χ4n) is 1.10. The molecule has 0 heterocycles. The Morgan fingerprint density at radius 2 is 1.68 bits per heavy atom. The molecule has 0 fully saturated rings. The first-order valence-electron chi connectivity index (χ1n) is 6.32. The molecule has 0 spiro atoms. The van der Waals surface area contributed by atoms with Gasteiger partial charge in [0, 0.05) is 0 Å². The molecule has 1 rings (SSSR count). The normalized spacial score (nSPS) is 12.1. The second kappa shape index (κ2) is 9.04. The van der Waals surface area contributed by atoms with Gasteiger partial charge in [0.25, 0.3) is 0 Å². The molecule has 0 aromatic heterocycles. The third-order valence-electron chi connectivity index (χ3n) is 2.46. The molecule has 5 nitrogen and oxygen atoms in total. The van der Waals surface area contributed by atoms with Gasteiger partial charge in [0.2, 0.25) is 0 Å². The minimum absolute atomic E-state index is 0.105. The second-order valence-corrected chi connectivity index (χ2v) is 4.67. The molecule has 0 radical (unpaired) electrons. The van der Waals surface area contributed by atoms with Gasteiger partial charge in [-0.2, -0.15) is 13.2 Å². The summed E-state index contributed by atoms with van der Waals surface area (Å²) in [6.45, 7) is 4.09. The number of carbonyl (C=O) groups is 2. The Labute approximate surface area is 125 Å². The highest BCUT2D eigenvalue weighted by Crippen LogP contribution is 2.13. The van der Waals surface area contributed by atoms with Crippen LogP contribution in [0.4, 0.5) is 13.2 Å². The summed E-state index contributed by atoms with van der Waals surface area (Å²) in [7, 11) is 0. The number of esters is 1. The highest BCUT2D eigenvalue weighted by Gasteiger charge is 2.38. The van der Waals surface area contributed by atoms with E-state index >= 15 is 0 Å². The summed E-state index contributed by atoms with van der Waals surface area (Å²) in [4.78, 5) is 20.3. The molecule has 0 saturated heterocycles. The van der Waals surface area contributed by atoms with Crippen LogP contribution >= 0.6 is 0 Å². The van der Waals surface area contributed by atoms with E-state index in [1.807, 2.05) is 44.2 Å². The van der Waals surface area contributed by atoms with E-state index in [4.69, 9.17) is 20.4 Å². The zero-order chi connectivity index (χ0) is 17.3. The summed E-state index contributed by atoms with van der Waals surface area (Å²) in [5.74, 6) is -2.99. The van der Waals surface area contributed by atoms with Crippen molar-refractivity contribution in [1.29, 1.82) is 0 Å². The predicted molar refractivity (Wildman–Crippen MR) is 72.7 cm³/mol. The van der Waals surface area contributed by atoms with Crippen LogP contribution in [-0.4, -0.2) is 29.3 Å². The van der Waals surface area contributed by atoms with Crippen LogP contribution in [0.3, 0.4) is 0 Å². The van der Waals surface area contributed by atoms with E-state index in [9.17, 15) is 18.0 Å². The summed E-state index contributed by atoms with van der Waals surface area (Å²) in [5.41, 5.74) is 6.62. The summed E-state index contributed by atoms with van der Waals surface area (Å²) in [6.07, 6.45) is -5.08. The van der Waals surface area contributed by atoms with Gasteiger partial charge >= 0.3 is 18.1 Å². The van der Waals surface area contributed by atoms with Gasteiger partial charge in [-0.05, 0) is 11.5 Å². The number of aliphatic carboxylic acids is 1. The van der Waals surface area contributed by atoms with Crippen molar-refractivity contribution >= 4 is 11.9 Å². The summed E-state index contributed by atoms with van der Waals surface area (Å²) >= 11 is 0. The number of carboxylic acid groups (broad SMARTS) is 1. The van der Waals surface area contributed by atoms with Crippen molar-refractivity contribution in [2.24, 2.45) is 11.7 Å². The highest BCUT2D eigenvalue weighted by molar-refractivity contribution is 5.75. The van der Waals surface area contributed by atoms with Crippen molar-refractivity contribution in [2.75, 3.05) is 0 Å². The van der Waals surface area contributed by atoms with Crippen molar-refractivity contribution in [3.8, 4) is 0 Å². The molecule has 124 valence electrons. The third kappa shape index (κ3) is 8.25. The molecule has 1 aromatic rings. The molecule has 8 heteroatoms. The zero-order valence-electron chi connectivity index (χ0n) is 12.1. The number of carboxylic acids is 1. The van der Waals surface area contributed by atoms with Gasteiger partial charge in [-0.15, -0.1) is 0 Å². The minimum Gasteiger partial charge on any atom is -0.475 e. The zero-order valence-corrected chi connectivity index (χ0v) is 12.1. The third-order valence-corrected chi connectivity index (χ3v) is 2.46. The van der Waals surface area contributed by atoms with Crippen molar-refractivity contribution in [3.63, 3.8) is 0 Å². The number of nitrogens with two attached hydrogens (primary N) is 1. The lowest BCUT2D eigenvalue weighted by Gasteiger charge is -2.14. The van der Waals surface area contributed by atoms with Gasteiger partial charge in [-0.3, -0.25) is 4.79 Å². The number of rotatable bonds is 4. The van der Waals surface area contributed by atoms with E-state index < -0.39 is 18.2 Å². The summed E-state index contributed by atoms with van der Waals surface area (Å²) < 4.78 is 36.8. The maximum Gasteiger partial charge on any atom is 0.490 e. The predicted octanol–water partition coefficient (Wildman–Crippen LogP) is 2.35. The molecule has 0 bridgehead atoms.